The average molecular weight is 348 g/mol. The summed E-state index contributed by atoms with van der Waals surface area (Å²) in [6.07, 6.45) is 6.46. The van der Waals surface area contributed by atoms with Gasteiger partial charge in [-0.2, -0.15) is 0 Å². The quantitative estimate of drug-likeness (QED) is 0.684. The minimum absolute atomic E-state index is 0.0150. The molecule has 1 aromatic carbocycles. The number of benzene rings is 1. The molecule has 134 valence electrons. The molecule has 26 heavy (non-hydrogen) atoms. The molecule has 1 unspecified atom stereocenters. The maximum absolute atomic E-state index is 13.0. The van der Waals surface area contributed by atoms with Gasteiger partial charge in [0.2, 0.25) is 0 Å². The fourth-order valence-corrected chi connectivity index (χ4v) is 3.00. The van der Waals surface area contributed by atoms with Gasteiger partial charge in [-0.1, -0.05) is 38.0 Å². The molecular formula is C21H24N4O. The number of rotatable bonds is 7. The average Bonchev–Trinajstić information content (AvgIpc) is 2.70. The van der Waals surface area contributed by atoms with Gasteiger partial charge in [0.05, 0.1) is 16.8 Å². The van der Waals surface area contributed by atoms with Gasteiger partial charge in [0, 0.05) is 35.9 Å². The molecule has 0 aliphatic heterocycles. The van der Waals surface area contributed by atoms with E-state index in [0.717, 1.165) is 41.4 Å². The van der Waals surface area contributed by atoms with Crippen molar-refractivity contribution in [2.75, 3.05) is 6.54 Å². The summed E-state index contributed by atoms with van der Waals surface area (Å²) in [5.41, 5.74) is 8.95. The van der Waals surface area contributed by atoms with E-state index in [0.29, 0.717) is 12.1 Å². The fraction of sp³-hybridized carbons (Fsp3) is 0.286. The van der Waals surface area contributed by atoms with Crippen molar-refractivity contribution in [2.45, 2.75) is 32.2 Å². The van der Waals surface area contributed by atoms with E-state index in [1.165, 1.54) is 0 Å². The molecule has 0 radical (unpaired) electrons. The summed E-state index contributed by atoms with van der Waals surface area (Å²) in [7, 11) is 0. The molecule has 3 aromatic rings. The zero-order valence-corrected chi connectivity index (χ0v) is 15.0. The molecule has 5 heteroatoms. The molecule has 3 N–H and O–H groups in total. The smallest absolute Gasteiger partial charge is 0.252 e. The number of hydrogen-bond acceptors (Lipinski definition) is 4. The Morgan fingerprint density at radius 2 is 1.96 bits per heavy atom. The van der Waals surface area contributed by atoms with Crippen LogP contribution >= 0.6 is 0 Å². The monoisotopic (exact) mass is 348 g/mol. The molecular weight excluding hydrogens is 324 g/mol. The molecule has 0 aliphatic carbocycles. The molecule has 2 aromatic heterocycles. The number of amides is 1. The van der Waals surface area contributed by atoms with E-state index in [4.69, 9.17) is 10.7 Å². The van der Waals surface area contributed by atoms with Crippen molar-refractivity contribution in [1.29, 1.82) is 0 Å². The minimum Gasteiger partial charge on any atom is -0.348 e. The van der Waals surface area contributed by atoms with Gasteiger partial charge < -0.3 is 11.1 Å². The first kappa shape index (κ1) is 18.0. The van der Waals surface area contributed by atoms with Crippen molar-refractivity contribution in [3.8, 4) is 11.3 Å². The van der Waals surface area contributed by atoms with Gasteiger partial charge in [0.25, 0.3) is 5.91 Å². The number of nitrogens with one attached hydrogen (secondary N) is 1. The van der Waals surface area contributed by atoms with Crippen molar-refractivity contribution in [3.05, 3.63) is 60.4 Å². The number of nitrogens with zero attached hydrogens (tertiary/aromatic N) is 2. The second-order valence-corrected chi connectivity index (χ2v) is 6.36. The Balaban J connectivity index is 1.99. The van der Waals surface area contributed by atoms with Crippen molar-refractivity contribution < 1.29 is 4.79 Å². The molecule has 3 rings (SSSR count). The van der Waals surface area contributed by atoms with Crippen molar-refractivity contribution in [1.82, 2.24) is 15.3 Å². The van der Waals surface area contributed by atoms with Gasteiger partial charge in [0.15, 0.2) is 0 Å². The molecule has 0 saturated heterocycles. The van der Waals surface area contributed by atoms with Crippen molar-refractivity contribution in [2.24, 2.45) is 5.73 Å². The van der Waals surface area contributed by atoms with Crippen LogP contribution in [-0.2, 0) is 0 Å². The summed E-state index contributed by atoms with van der Waals surface area (Å²) >= 11 is 0. The van der Waals surface area contributed by atoms with Crippen LogP contribution in [0.25, 0.3) is 22.2 Å². The lowest BCUT2D eigenvalue weighted by Gasteiger charge is -2.17. The summed E-state index contributed by atoms with van der Waals surface area (Å²) in [5, 5.41) is 3.93. The number of carbonyl (C=O) groups is 1. The number of aromatic nitrogens is 2. The Bertz CT molecular complexity index is 880. The highest BCUT2D eigenvalue weighted by atomic mass is 16.1. The number of carbonyl (C=O) groups excluding carboxylic acids is 1. The highest BCUT2D eigenvalue weighted by Crippen LogP contribution is 2.24. The standard InChI is InChI=1S/C21H24N4O/c1-2-3-6-16(14-22)24-21(26)18-13-20(15-9-11-23-12-10-15)25-19-8-5-4-7-17(18)19/h4-5,7-13,16H,2-3,6,14,22H2,1H3,(H,24,26). The minimum atomic E-state index is -0.106. The Morgan fingerprint density at radius 1 is 1.19 bits per heavy atom. The van der Waals surface area contributed by atoms with E-state index in [2.05, 4.69) is 17.2 Å². The molecule has 0 fully saturated rings. The fourth-order valence-electron chi connectivity index (χ4n) is 3.00. The number of fused-ring (bicyclic) bond motifs is 1. The van der Waals surface area contributed by atoms with Crippen LogP contribution < -0.4 is 11.1 Å². The Kier molecular flexibility index (Phi) is 5.92. The first-order chi connectivity index (χ1) is 12.7. The Labute approximate surface area is 153 Å². The highest BCUT2D eigenvalue weighted by molar-refractivity contribution is 6.07. The number of nitrogens with two attached hydrogens (primary N) is 1. The van der Waals surface area contributed by atoms with Crippen LogP contribution in [0, 0.1) is 0 Å². The van der Waals surface area contributed by atoms with E-state index in [9.17, 15) is 4.79 Å². The van der Waals surface area contributed by atoms with Crippen LogP contribution in [0.5, 0.6) is 0 Å². The number of pyridine rings is 2. The number of para-hydroxylation sites is 1. The lowest BCUT2D eigenvalue weighted by Crippen LogP contribution is -2.40. The first-order valence-corrected chi connectivity index (χ1v) is 9.04. The van der Waals surface area contributed by atoms with Crippen molar-refractivity contribution >= 4 is 16.8 Å². The summed E-state index contributed by atoms with van der Waals surface area (Å²) in [4.78, 5) is 21.7. The largest absolute Gasteiger partial charge is 0.348 e. The predicted molar refractivity (Wildman–Crippen MR) is 105 cm³/mol. The van der Waals surface area contributed by atoms with Gasteiger partial charge in [-0.3, -0.25) is 9.78 Å². The highest BCUT2D eigenvalue weighted by Gasteiger charge is 2.17. The molecule has 1 amide bonds. The van der Waals surface area contributed by atoms with Gasteiger partial charge in [-0.25, -0.2) is 4.98 Å². The van der Waals surface area contributed by atoms with E-state index >= 15 is 0 Å². The summed E-state index contributed by atoms with van der Waals surface area (Å²) in [6.45, 7) is 2.57. The third-order valence-electron chi connectivity index (χ3n) is 4.46. The SMILES string of the molecule is CCCCC(CN)NC(=O)c1cc(-c2ccncc2)nc2ccccc12. The molecule has 5 nitrogen and oxygen atoms in total. The number of hydrogen-bond donors (Lipinski definition) is 2. The summed E-state index contributed by atoms with van der Waals surface area (Å²) in [6, 6.07) is 13.3. The predicted octanol–water partition coefficient (Wildman–Crippen LogP) is 3.54. The van der Waals surface area contributed by atoms with E-state index in [-0.39, 0.29) is 11.9 Å². The zero-order chi connectivity index (χ0) is 18.4. The molecule has 0 aliphatic rings. The topological polar surface area (TPSA) is 80.9 Å². The second kappa shape index (κ2) is 8.54. The molecule has 0 bridgehead atoms. The maximum atomic E-state index is 13.0. The third kappa shape index (κ3) is 4.06. The summed E-state index contributed by atoms with van der Waals surface area (Å²) < 4.78 is 0. The lowest BCUT2D eigenvalue weighted by atomic mass is 10.0. The normalized spacial score (nSPS) is 12.1. The van der Waals surface area contributed by atoms with Gasteiger partial charge in [-0.15, -0.1) is 0 Å². The number of unbranched alkanes of at least 4 members (excludes halogenated alkanes) is 1. The maximum Gasteiger partial charge on any atom is 0.252 e. The molecule has 2 heterocycles. The lowest BCUT2D eigenvalue weighted by molar-refractivity contribution is 0.0937. The van der Waals surface area contributed by atoms with Crippen LogP contribution in [0.2, 0.25) is 0 Å². The summed E-state index contributed by atoms with van der Waals surface area (Å²) in [5.74, 6) is -0.106. The van der Waals surface area contributed by atoms with Gasteiger partial charge in [0.1, 0.15) is 0 Å². The van der Waals surface area contributed by atoms with Crippen LogP contribution in [0.15, 0.2) is 54.9 Å². The second-order valence-electron chi connectivity index (χ2n) is 6.36. The van der Waals surface area contributed by atoms with Crippen LogP contribution in [0.1, 0.15) is 36.5 Å². The molecule has 0 saturated carbocycles. The molecule has 0 spiro atoms. The first-order valence-electron chi connectivity index (χ1n) is 9.04. The van der Waals surface area contributed by atoms with E-state index < -0.39 is 0 Å². The van der Waals surface area contributed by atoms with E-state index in [1.54, 1.807) is 12.4 Å². The van der Waals surface area contributed by atoms with Gasteiger partial charge in [-0.05, 0) is 30.7 Å². The van der Waals surface area contributed by atoms with Crippen LogP contribution in [-0.4, -0.2) is 28.5 Å². The third-order valence-corrected chi connectivity index (χ3v) is 4.46. The molecule has 1 atom stereocenters. The Hall–Kier alpha value is -2.79. The van der Waals surface area contributed by atoms with Crippen LogP contribution in [0.3, 0.4) is 0 Å². The van der Waals surface area contributed by atoms with E-state index in [1.807, 2.05) is 42.5 Å². The van der Waals surface area contributed by atoms with Gasteiger partial charge >= 0.3 is 0 Å². The Morgan fingerprint density at radius 3 is 2.69 bits per heavy atom. The van der Waals surface area contributed by atoms with Crippen molar-refractivity contribution in [3.63, 3.8) is 0 Å². The zero-order valence-electron chi connectivity index (χ0n) is 15.0. The van der Waals surface area contributed by atoms with Crippen LogP contribution in [0.4, 0.5) is 0 Å².